The third kappa shape index (κ3) is 8.80. The molecule has 1 aromatic carbocycles. The van der Waals surface area contributed by atoms with Gasteiger partial charge in [-0.1, -0.05) is 51.9 Å². The maximum absolute atomic E-state index is 14.5. The molecule has 1 atom stereocenters. The van der Waals surface area contributed by atoms with E-state index in [4.69, 9.17) is 0 Å². The molecule has 2 aromatic rings. The minimum atomic E-state index is -0.725. The molecule has 0 bridgehead atoms. The first-order valence-corrected chi connectivity index (χ1v) is 12.7. The summed E-state index contributed by atoms with van der Waals surface area (Å²) in [7, 11) is 1.21. The first-order chi connectivity index (χ1) is 16.4. The number of imidazole rings is 1. The van der Waals surface area contributed by atoms with E-state index in [1.165, 1.54) is 26.2 Å². The molecule has 1 unspecified atom stereocenters. The number of nitrogens with zero attached hydrogens (tertiary/aromatic N) is 2. The van der Waals surface area contributed by atoms with Crippen molar-refractivity contribution < 1.29 is 23.5 Å². The molecule has 0 saturated heterocycles. The van der Waals surface area contributed by atoms with Gasteiger partial charge in [-0.2, -0.15) is 0 Å². The number of hydrogen-bond acceptors (Lipinski definition) is 6. The van der Waals surface area contributed by atoms with Gasteiger partial charge < -0.3 is 14.6 Å². The normalized spacial score (nSPS) is 12.3. The largest absolute Gasteiger partial charge is 0.465 e. The van der Waals surface area contributed by atoms with Gasteiger partial charge in [-0.05, 0) is 36.0 Å². The van der Waals surface area contributed by atoms with E-state index in [-0.39, 0.29) is 28.5 Å². The smallest absolute Gasteiger partial charge is 0.340 e. The zero-order valence-corrected chi connectivity index (χ0v) is 22.3. The highest BCUT2D eigenvalue weighted by Crippen LogP contribution is 2.28. The van der Waals surface area contributed by atoms with Crippen LogP contribution >= 0.6 is 11.8 Å². The number of thioether (sulfide) groups is 1. The fourth-order valence-corrected chi connectivity index (χ4v) is 4.85. The molecule has 0 saturated carbocycles. The van der Waals surface area contributed by atoms with Crippen molar-refractivity contribution in [2.75, 3.05) is 7.11 Å². The van der Waals surface area contributed by atoms with E-state index in [9.17, 15) is 18.8 Å². The van der Waals surface area contributed by atoms with Crippen molar-refractivity contribution >= 4 is 28.8 Å². The maximum Gasteiger partial charge on any atom is 0.340 e. The summed E-state index contributed by atoms with van der Waals surface area (Å²) in [6.07, 6.45) is 4.98. The fourth-order valence-electron chi connectivity index (χ4n) is 3.67. The van der Waals surface area contributed by atoms with Gasteiger partial charge >= 0.3 is 5.97 Å². The Labute approximate surface area is 211 Å². The number of carbonyl (C=O) groups is 3. The van der Waals surface area contributed by atoms with E-state index in [1.807, 2.05) is 25.3 Å². The van der Waals surface area contributed by atoms with Gasteiger partial charge in [-0.3, -0.25) is 9.59 Å². The standard InChI is InChI=1S/C26H36FN3O4S/c1-7-8-9-23-28-14-19(15-29-24(32)22(35-17(2)31)13-26(3,4)5)30(23)16-18-10-11-20(21(27)12-18)25(33)34-6/h10-12,14,22H,7-9,13,15-16H2,1-6H3,(H,29,32). The molecule has 7 nitrogen and oxygen atoms in total. The van der Waals surface area contributed by atoms with E-state index >= 15 is 0 Å². The molecule has 1 amide bonds. The SMILES string of the molecule is CCCCc1ncc(CNC(=O)C(CC(C)(C)C)SC(C)=O)n1Cc1ccc(C(=O)OC)c(F)c1. The van der Waals surface area contributed by atoms with Gasteiger partial charge in [0, 0.05) is 19.9 Å². The lowest BCUT2D eigenvalue weighted by Crippen LogP contribution is -2.35. The molecule has 35 heavy (non-hydrogen) atoms. The Kier molecular flexibility index (Phi) is 10.5. The number of unbranched alkanes of at least 4 members (excludes halogenated alkanes) is 1. The van der Waals surface area contributed by atoms with Crippen molar-refractivity contribution in [1.29, 1.82) is 0 Å². The minimum Gasteiger partial charge on any atom is -0.465 e. The summed E-state index contributed by atoms with van der Waals surface area (Å²) >= 11 is 1.05. The minimum absolute atomic E-state index is 0.0984. The molecule has 2 rings (SSSR count). The van der Waals surface area contributed by atoms with Crippen LogP contribution in [0.4, 0.5) is 4.39 Å². The quantitative estimate of drug-likeness (QED) is 0.437. The number of amides is 1. The van der Waals surface area contributed by atoms with Crippen molar-refractivity contribution in [2.45, 2.75) is 78.6 Å². The number of rotatable bonds is 11. The molecule has 0 spiro atoms. The van der Waals surface area contributed by atoms with Gasteiger partial charge in [0.25, 0.3) is 0 Å². The van der Waals surface area contributed by atoms with Crippen LogP contribution < -0.4 is 5.32 Å². The van der Waals surface area contributed by atoms with Crippen molar-refractivity contribution in [3.8, 4) is 0 Å². The van der Waals surface area contributed by atoms with Crippen LogP contribution in [0.5, 0.6) is 0 Å². The molecular formula is C26H36FN3O4S. The Balaban J connectivity index is 2.24. The second-order valence-corrected chi connectivity index (χ2v) is 11.1. The maximum atomic E-state index is 14.5. The molecule has 0 aliphatic rings. The molecule has 1 heterocycles. The van der Waals surface area contributed by atoms with Gasteiger partial charge in [0.05, 0.1) is 36.4 Å². The number of nitrogens with one attached hydrogen (secondary N) is 1. The van der Waals surface area contributed by atoms with Gasteiger partial charge in [-0.25, -0.2) is 14.2 Å². The van der Waals surface area contributed by atoms with Gasteiger partial charge in [0.2, 0.25) is 5.91 Å². The summed E-state index contributed by atoms with van der Waals surface area (Å²) < 4.78 is 21.1. The Morgan fingerprint density at radius 1 is 1.26 bits per heavy atom. The number of esters is 1. The number of halogens is 1. The van der Waals surface area contributed by atoms with E-state index in [2.05, 4.69) is 22.0 Å². The third-order valence-corrected chi connectivity index (χ3v) is 6.39. The predicted molar refractivity (Wildman–Crippen MR) is 136 cm³/mol. The Morgan fingerprint density at radius 3 is 2.54 bits per heavy atom. The summed E-state index contributed by atoms with van der Waals surface area (Å²) in [5, 5.41) is 2.38. The number of aryl methyl sites for hydroxylation is 1. The molecular weight excluding hydrogens is 469 g/mol. The van der Waals surface area contributed by atoms with Gasteiger partial charge in [0.1, 0.15) is 11.6 Å². The number of methoxy groups -OCH3 is 1. The van der Waals surface area contributed by atoms with Crippen LogP contribution in [-0.4, -0.2) is 38.9 Å². The van der Waals surface area contributed by atoms with Crippen LogP contribution in [0.25, 0.3) is 0 Å². The molecule has 192 valence electrons. The number of ether oxygens (including phenoxy) is 1. The highest BCUT2D eigenvalue weighted by Gasteiger charge is 2.27. The van der Waals surface area contributed by atoms with Gasteiger partial charge in [-0.15, -0.1) is 0 Å². The number of benzene rings is 1. The van der Waals surface area contributed by atoms with Crippen LogP contribution in [0, 0.1) is 11.2 Å². The van der Waals surface area contributed by atoms with Crippen molar-refractivity contribution in [1.82, 2.24) is 14.9 Å². The van der Waals surface area contributed by atoms with Crippen LogP contribution in [0.3, 0.4) is 0 Å². The number of carbonyl (C=O) groups excluding carboxylic acids is 3. The summed E-state index contributed by atoms with van der Waals surface area (Å²) in [5.41, 5.74) is 1.22. The molecule has 1 N–H and O–H groups in total. The topological polar surface area (TPSA) is 90.3 Å². The number of hydrogen-bond donors (Lipinski definition) is 1. The van der Waals surface area contributed by atoms with Crippen LogP contribution in [-0.2, 0) is 33.8 Å². The summed E-state index contributed by atoms with van der Waals surface area (Å²) in [6, 6.07) is 4.42. The monoisotopic (exact) mass is 505 g/mol. The van der Waals surface area contributed by atoms with Gasteiger partial charge in [0.15, 0.2) is 5.12 Å². The highest BCUT2D eigenvalue weighted by atomic mass is 32.2. The zero-order chi connectivity index (χ0) is 26.2. The molecule has 0 radical (unpaired) electrons. The summed E-state index contributed by atoms with van der Waals surface area (Å²) in [4.78, 5) is 40.9. The van der Waals surface area contributed by atoms with Crippen LogP contribution in [0.1, 0.15) is 81.3 Å². The Bertz CT molecular complexity index is 1050. The van der Waals surface area contributed by atoms with Crippen molar-refractivity contribution in [2.24, 2.45) is 5.41 Å². The average molecular weight is 506 g/mol. The van der Waals surface area contributed by atoms with Crippen molar-refractivity contribution in [3.63, 3.8) is 0 Å². The lowest BCUT2D eigenvalue weighted by atomic mass is 9.90. The Hall–Kier alpha value is -2.68. The zero-order valence-electron chi connectivity index (χ0n) is 21.4. The predicted octanol–water partition coefficient (Wildman–Crippen LogP) is 4.90. The summed E-state index contributed by atoms with van der Waals surface area (Å²) in [6.45, 7) is 10.2. The first-order valence-electron chi connectivity index (χ1n) is 11.8. The molecule has 1 aromatic heterocycles. The lowest BCUT2D eigenvalue weighted by Gasteiger charge is -2.24. The van der Waals surface area contributed by atoms with E-state index < -0.39 is 17.0 Å². The lowest BCUT2D eigenvalue weighted by molar-refractivity contribution is -0.121. The van der Waals surface area contributed by atoms with Crippen LogP contribution in [0.2, 0.25) is 0 Å². The number of aromatic nitrogens is 2. The van der Waals surface area contributed by atoms with Crippen molar-refractivity contribution in [3.05, 3.63) is 52.9 Å². The highest BCUT2D eigenvalue weighted by molar-refractivity contribution is 8.14. The third-order valence-electron chi connectivity index (χ3n) is 5.40. The fraction of sp³-hybridized carbons (Fsp3) is 0.538. The van der Waals surface area contributed by atoms with E-state index in [0.29, 0.717) is 18.5 Å². The van der Waals surface area contributed by atoms with E-state index in [0.717, 1.165) is 42.5 Å². The first kappa shape index (κ1) is 28.6. The molecule has 0 fully saturated rings. The van der Waals surface area contributed by atoms with Crippen LogP contribution in [0.15, 0.2) is 24.4 Å². The van der Waals surface area contributed by atoms with E-state index in [1.54, 1.807) is 12.3 Å². The Morgan fingerprint density at radius 2 is 1.97 bits per heavy atom. The average Bonchev–Trinajstić information content (AvgIpc) is 3.15. The second kappa shape index (κ2) is 12.9. The molecule has 9 heteroatoms. The molecule has 0 aliphatic carbocycles. The summed E-state index contributed by atoms with van der Waals surface area (Å²) in [5.74, 6) is -0.725. The second-order valence-electron chi connectivity index (χ2n) is 9.74. The molecule has 0 aliphatic heterocycles.